The van der Waals surface area contributed by atoms with Crippen LogP contribution in [0.15, 0.2) is 18.6 Å². The zero-order valence-electron chi connectivity index (χ0n) is 63.7. The largest absolute Gasteiger partial charge is 0.351 e. The molecular weight excluding hydrogens is 1470 g/mol. The molecule has 0 aromatic carbocycles. The molecule has 0 saturated carbocycles. The van der Waals surface area contributed by atoms with Gasteiger partial charge < -0.3 is 70.7 Å². The van der Waals surface area contributed by atoms with Crippen LogP contribution < -0.4 is 26.6 Å². The third-order valence-electron chi connectivity index (χ3n) is 23.5. The van der Waals surface area contributed by atoms with Crippen molar-refractivity contribution in [2.24, 2.45) is 0 Å². The van der Waals surface area contributed by atoms with E-state index in [1.165, 1.54) is 76.7 Å². The maximum atomic E-state index is 15.0. The van der Waals surface area contributed by atoms with E-state index in [-0.39, 0.29) is 197 Å². The molecule has 38 heteroatoms. The minimum absolute atomic E-state index is 0.000379. The summed E-state index contributed by atoms with van der Waals surface area (Å²) in [6.45, 7) is -0.598. The zero-order chi connectivity index (χ0) is 80.4. The van der Waals surface area contributed by atoms with Crippen LogP contribution in [0.25, 0.3) is 0 Å². The van der Waals surface area contributed by atoms with Gasteiger partial charge in [-0.15, -0.1) is 52.3 Å². The third kappa shape index (κ3) is 18.0. The molecule has 606 valence electrons. The Hall–Kier alpha value is -11.7. The standard InChI is InChI=1S/C76H97N23O15/c1-4-7-22-63(101)79-48-34-60-75(113)95-31-14-20-57(95)72(110)92-28-11-17-54(92)69(107)78-37-52-40-90(87-84-52)46-68(106)99-43-50(81-65(103)24-9-6-3)35-61(99)76(114)96-32-15-21-58(96)73(111)93-29-12-18-55(93)70(108)77-36-51-39-89(86-83-51)45-67(105)98-42-49(80-64(102)23-8-5-2)33-59(98)74(112)94-30-13-19-56(94)71(109)91-27-10-16-53(91)62(100)26-25-47-38-88(85-82-47)44-66(104)97(60)41-48/h1-3,38-40,48-50,53-61H,7-37,41-46H2,(H,77,108)(H,78,107)(H,79,101)(H,80,102)(H,81,103)/t48-,49-,50-,53+,54+,55+,56+,57+,58+,59+,60+,61+/m1/s1. The van der Waals surface area contributed by atoms with Crippen molar-refractivity contribution in [3.05, 3.63) is 35.7 Å². The Morgan fingerprint density at radius 1 is 0.368 bits per heavy atom. The lowest BCUT2D eigenvalue weighted by atomic mass is 10.0. The lowest BCUT2D eigenvalue weighted by Crippen LogP contribution is -2.56. The number of aryl methyl sites for hydroxylation is 1. The van der Waals surface area contributed by atoms with E-state index >= 15 is 14.4 Å². The fraction of sp³-hybridized carbons (Fsp3) is 0.645. The van der Waals surface area contributed by atoms with Gasteiger partial charge in [-0.3, -0.25) is 71.9 Å². The molecule has 14 amide bonds. The summed E-state index contributed by atoms with van der Waals surface area (Å²) in [5.74, 6) is 0.348. The number of aromatic nitrogens is 9. The molecule has 114 heavy (non-hydrogen) atoms. The minimum Gasteiger partial charge on any atom is -0.351 e. The van der Waals surface area contributed by atoms with E-state index in [0.717, 1.165) is 0 Å². The average Bonchev–Trinajstić information content (AvgIpc) is 1.64. The molecule has 0 spiro atoms. The van der Waals surface area contributed by atoms with Crippen LogP contribution in [0.1, 0.15) is 158 Å². The predicted octanol–water partition coefficient (Wildman–Crippen LogP) is -3.95. The van der Waals surface area contributed by atoms with Crippen LogP contribution in [0.4, 0.5) is 0 Å². The number of terminal acetylenes is 3. The number of nitrogens with zero attached hydrogens (tertiary/aromatic N) is 18. The molecule has 9 fully saturated rings. The van der Waals surface area contributed by atoms with Crippen LogP contribution in [0.3, 0.4) is 0 Å². The number of Topliss-reactive ketones (excluding diaryl/α,β-unsaturated/α-hetero) is 1. The van der Waals surface area contributed by atoms with Gasteiger partial charge in [-0.1, -0.05) is 15.6 Å². The van der Waals surface area contributed by atoms with Crippen molar-refractivity contribution in [1.82, 2.24) is 116 Å². The van der Waals surface area contributed by atoms with Gasteiger partial charge in [-0.2, -0.15) is 0 Å². The first-order valence-corrected chi connectivity index (χ1v) is 39.7. The molecule has 0 radical (unpaired) electrons. The molecule has 10 aliphatic rings. The number of hydrogen-bond acceptors (Lipinski definition) is 21. The molecule has 12 atom stereocenters. The number of amides is 14. The van der Waals surface area contributed by atoms with Crippen molar-refractivity contribution in [3.63, 3.8) is 0 Å². The summed E-state index contributed by atoms with van der Waals surface area (Å²) >= 11 is 0. The van der Waals surface area contributed by atoms with Crippen molar-refractivity contribution in [1.29, 1.82) is 0 Å². The summed E-state index contributed by atoms with van der Waals surface area (Å²) in [5, 5.41) is 39.6. The summed E-state index contributed by atoms with van der Waals surface area (Å²) in [7, 11) is 0. The van der Waals surface area contributed by atoms with E-state index < -0.39 is 157 Å². The van der Waals surface area contributed by atoms with Crippen LogP contribution >= 0.6 is 0 Å². The highest BCUT2D eigenvalue weighted by molar-refractivity contribution is 5.99. The van der Waals surface area contributed by atoms with Gasteiger partial charge in [-0.05, 0) is 96.3 Å². The van der Waals surface area contributed by atoms with Crippen molar-refractivity contribution >= 4 is 88.5 Å². The van der Waals surface area contributed by atoms with Crippen molar-refractivity contribution < 1.29 is 71.9 Å². The van der Waals surface area contributed by atoms with E-state index in [4.69, 9.17) is 19.3 Å². The molecular formula is C76H97N23O15. The molecule has 38 nitrogen and oxygen atoms in total. The van der Waals surface area contributed by atoms with Gasteiger partial charge in [0.15, 0.2) is 5.78 Å². The number of carbonyl (C=O) groups is 15. The quantitative estimate of drug-likeness (QED) is 0.128. The van der Waals surface area contributed by atoms with E-state index in [9.17, 15) is 57.5 Å². The first-order valence-electron chi connectivity index (χ1n) is 39.7. The Bertz CT molecular complexity index is 3950. The fourth-order valence-electron chi connectivity index (χ4n) is 18.0. The van der Waals surface area contributed by atoms with Crippen LogP contribution in [0, 0.1) is 37.0 Å². The van der Waals surface area contributed by atoms with Gasteiger partial charge in [0.25, 0.3) is 0 Å². The van der Waals surface area contributed by atoms with Crippen molar-refractivity contribution in [2.45, 2.75) is 253 Å². The fourth-order valence-corrected chi connectivity index (χ4v) is 18.0. The second-order valence-corrected chi connectivity index (χ2v) is 31.1. The smallest absolute Gasteiger partial charge is 0.246 e. The summed E-state index contributed by atoms with van der Waals surface area (Å²) in [6, 6.07) is -11.1. The van der Waals surface area contributed by atoms with Gasteiger partial charge in [0.2, 0.25) is 82.7 Å². The SMILES string of the molecule is C#CCCC(=O)N[C@@H]1C[C@H]2C(=O)N3CCC[C@H]3C(=O)N3CCC[C@H]3C(=O)CCc3cn(nn3)CC(=O)N3C[C@H](NC(=O)CCC#C)C[C@H]3C(=O)N3CCC[C@H]3C(=O)N3CCC[C@H]3C(=O)NCc3cn(nn3)CC(=O)N3C[C@H](NC(=O)CCC#C)C[C@H]3C(=O)N3CCC[C@H]3C(=O)N3CCC[C@H]3C(=O)NCc3cn(nn3)CC(=O)N2C1. The molecule has 0 aliphatic carbocycles. The minimum atomic E-state index is -1.14. The number of fused-ring (bicyclic) bond motifs is 15. The Kier molecular flexibility index (Phi) is 25.4. The highest BCUT2D eigenvalue weighted by Crippen LogP contribution is 2.34. The number of carbonyl (C=O) groups excluding carboxylic acids is 15. The Morgan fingerprint density at radius 2 is 0.649 bits per heavy atom. The van der Waals surface area contributed by atoms with Crippen LogP contribution in [-0.4, -0.2) is 309 Å². The van der Waals surface area contributed by atoms with Crippen LogP contribution in [0.5, 0.6) is 0 Å². The monoisotopic (exact) mass is 1570 g/mol. The lowest BCUT2D eigenvalue weighted by Gasteiger charge is -2.34. The molecule has 6 bridgehead atoms. The van der Waals surface area contributed by atoms with Crippen molar-refractivity contribution in [3.8, 4) is 37.0 Å². The maximum Gasteiger partial charge on any atom is 0.246 e. The number of hydrogen-bond donors (Lipinski definition) is 5. The molecule has 5 N–H and O–H groups in total. The molecule has 0 unspecified atom stereocenters. The summed E-state index contributed by atoms with van der Waals surface area (Å²) in [4.78, 5) is 228. The topological polar surface area (TPSA) is 437 Å². The van der Waals surface area contributed by atoms with Gasteiger partial charge in [0.05, 0.1) is 37.2 Å². The summed E-state index contributed by atoms with van der Waals surface area (Å²) in [6.07, 6.45) is 25.9. The van der Waals surface area contributed by atoms with E-state index in [2.05, 4.69) is 75.3 Å². The van der Waals surface area contributed by atoms with Gasteiger partial charge in [-0.25, -0.2) is 14.0 Å². The summed E-state index contributed by atoms with van der Waals surface area (Å²) in [5.41, 5.74) is 0.855. The van der Waals surface area contributed by atoms with E-state index in [1.807, 2.05) is 0 Å². The Morgan fingerprint density at radius 3 is 0.982 bits per heavy atom. The first kappa shape index (κ1) is 80.4. The molecule has 10 aliphatic heterocycles. The maximum absolute atomic E-state index is 15.0. The van der Waals surface area contributed by atoms with Gasteiger partial charge in [0, 0.05) is 135 Å². The number of rotatable bonds is 9. The average molecular weight is 1570 g/mol. The predicted molar refractivity (Wildman–Crippen MR) is 396 cm³/mol. The van der Waals surface area contributed by atoms with Crippen LogP contribution in [0.2, 0.25) is 0 Å². The first-order chi connectivity index (χ1) is 55.1. The molecule has 13 rings (SSSR count). The second-order valence-electron chi connectivity index (χ2n) is 31.1. The van der Waals surface area contributed by atoms with Gasteiger partial charge in [0.1, 0.15) is 79.4 Å². The summed E-state index contributed by atoms with van der Waals surface area (Å²) < 4.78 is 3.78. The molecule has 9 saturated heterocycles. The lowest BCUT2D eigenvalue weighted by molar-refractivity contribution is -0.150. The normalized spacial score (nSPS) is 28.1. The van der Waals surface area contributed by atoms with Crippen LogP contribution in [-0.2, 0) is 111 Å². The zero-order valence-corrected chi connectivity index (χ0v) is 63.7. The van der Waals surface area contributed by atoms with Crippen molar-refractivity contribution in [2.75, 3.05) is 58.9 Å². The third-order valence-corrected chi connectivity index (χ3v) is 23.5. The van der Waals surface area contributed by atoms with E-state index in [0.29, 0.717) is 63.5 Å². The Balaban J connectivity index is 0.740. The van der Waals surface area contributed by atoms with Gasteiger partial charge >= 0.3 is 0 Å². The van der Waals surface area contributed by atoms with E-state index in [1.54, 1.807) is 0 Å². The Labute approximate surface area is 657 Å². The molecule has 13 heterocycles. The molecule has 3 aromatic rings. The number of nitrogens with one attached hydrogen (secondary N) is 5. The molecule has 3 aromatic heterocycles. The second kappa shape index (κ2) is 36.0. The number of ketones is 1. The highest BCUT2D eigenvalue weighted by Gasteiger charge is 2.52. The highest BCUT2D eigenvalue weighted by atomic mass is 16.2.